The van der Waals surface area contributed by atoms with Crippen molar-refractivity contribution < 1.29 is 37.3 Å². The van der Waals surface area contributed by atoms with E-state index in [4.69, 9.17) is 18.5 Å². The standard InChI is InChI=1S/C57H104NO7P/c1-6-8-10-12-14-16-18-20-22-24-26-27-28-29-30-31-32-33-35-37-39-41-43-45-47-49-52-62-54-56(55-64-66(60,61)63-53-51-58(3,4)5)65-57(59)50-48-46-44-42-40-38-36-34-25-23-21-19-17-15-13-11-9-7-2/h8,10,14,16,20,22-23,25-27,29-30,56H,6-7,9,11-13,15,17-19,21,24,28,31-55H2,1-5H3/p+1/b10-8-,16-14-,22-20-,25-23-,27-26-,30-29-. The highest BCUT2D eigenvalue weighted by Gasteiger charge is 2.26. The van der Waals surface area contributed by atoms with Crippen molar-refractivity contribution >= 4 is 13.8 Å². The van der Waals surface area contributed by atoms with Gasteiger partial charge in [-0.25, -0.2) is 4.57 Å². The van der Waals surface area contributed by atoms with Crippen LogP contribution in [0.1, 0.15) is 226 Å². The van der Waals surface area contributed by atoms with E-state index in [0.29, 0.717) is 24.1 Å². The van der Waals surface area contributed by atoms with E-state index in [1.54, 1.807) is 0 Å². The molecule has 8 nitrogen and oxygen atoms in total. The predicted octanol–water partition coefficient (Wildman–Crippen LogP) is 17.0. The highest BCUT2D eigenvalue weighted by molar-refractivity contribution is 7.47. The number of ether oxygens (including phenoxy) is 2. The molecule has 0 aromatic heterocycles. The normalized spacial score (nSPS) is 14.1. The van der Waals surface area contributed by atoms with Crippen molar-refractivity contribution in [1.29, 1.82) is 0 Å². The fraction of sp³-hybridized carbons (Fsp3) is 0.772. The van der Waals surface area contributed by atoms with E-state index in [9.17, 15) is 14.3 Å². The van der Waals surface area contributed by atoms with Crippen LogP contribution in [0.15, 0.2) is 72.9 Å². The number of likely N-dealkylation sites (N-methyl/N-ethyl adjacent to an activating group) is 1. The Bertz CT molecular complexity index is 1280. The van der Waals surface area contributed by atoms with Crippen molar-refractivity contribution in [2.75, 3.05) is 54.1 Å². The van der Waals surface area contributed by atoms with Gasteiger partial charge in [-0.3, -0.25) is 13.8 Å². The van der Waals surface area contributed by atoms with Gasteiger partial charge in [-0.2, -0.15) is 0 Å². The highest BCUT2D eigenvalue weighted by atomic mass is 31.2. The van der Waals surface area contributed by atoms with Gasteiger partial charge in [0, 0.05) is 13.0 Å². The summed E-state index contributed by atoms with van der Waals surface area (Å²) in [6.07, 6.45) is 65.2. The predicted molar refractivity (Wildman–Crippen MR) is 284 cm³/mol. The Kier molecular flexibility index (Phi) is 47.8. The third kappa shape index (κ3) is 52.9. The SMILES string of the molecule is CC/C=C\C/C=C\C/C=C\C/C=C\C/C=C\CCCCCCCCCCCCOCC(COP(=O)(O)OCC[N+](C)(C)C)OC(=O)CCCCCCCCC/C=C\CCCCCCCCC. The molecule has 0 saturated carbocycles. The minimum absolute atomic E-state index is 0.0844. The first-order valence-electron chi connectivity index (χ1n) is 27.2. The van der Waals surface area contributed by atoms with E-state index in [0.717, 1.165) is 64.2 Å². The molecule has 1 N–H and O–H groups in total. The second kappa shape index (κ2) is 49.4. The van der Waals surface area contributed by atoms with Gasteiger partial charge in [-0.1, -0.05) is 209 Å². The van der Waals surface area contributed by atoms with Gasteiger partial charge in [0.1, 0.15) is 19.3 Å². The smallest absolute Gasteiger partial charge is 0.457 e. The highest BCUT2D eigenvalue weighted by Crippen LogP contribution is 2.43. The number of hydrogen-bond donors (Lipinski definition) is 1. The van der Waals surface area contributed by atoms with E-state index < -0.39 is 13.9 Å². The van der Waals surface area contributed by atoms with Gasteiger partial charge in [0.2, 0.25) is 0 Å². The Morgan fingerprint density at radius 1 is 0.485 bits per heavy atom. The topological polar surface area (TPSA) is 91.3 Å². The number of unbranched alkanes of at least 4 members (excludes halogenated alkanes) is 24. The molecular formula is C57H105NO7P+. The van der Waals surface area contributed by atoms with Crippen molar-refractivity contribution in [1.82, 2.24) is 0 Å². The molecule has 0 rings (SSSR count). The minimum Gasteiger partial charge on any atom is -0.457 e. The Hall–Kier alpha value is -2.06. The number of phosphoric ester groups is 1. The fourth-order valence-corrected chi connectivity index (χ4v) is 8.08. The molecule has 384 valence electrons. The largest absolute Gasteiger partial charge is 0.472 e. The van der Waals surface area contributed by atoms with Gasteiger partial charge in [0.05, 0.1) is 34.4 Å². The third-order valence-electron chi connectivity index (χ3n) is 11.5. The number of nitrogens with zero attached hydrogens (tertiary/aromatic N) is 1. The Balaban J connectivity index is 4.12. The Labute approximate surface area is 408 Å². The zero-order chi connectivity index (χ0) is 48.3. The molecule has 0 saturated heterocycles. The van der Waals surface area contributed by atoms with Crippen LogP contribution < -0.4 is 0 Å². The van der Waals surface area contributed by atoms with Crippen molar-refractivity contribution in [3.8, 4) is 0 Å². The van der Waals surface area contributed by atoms with Crippen molar-refractivity contribution in [2.45, 2.75) is 232 Å². The molecule has 0 fully saturated rings. The molecule has 0 bridgehead atoms. The second-order valence-corrected chi connectivity index (χ2v) is 20.7. The summed E-state index contributed by atoms with van der Waals surface area (Å²) in [4.78, 5) is 23.0. The molecule has 0 aliphatic heterocycles. The number of hydrogen-bond acceptors (Lipinski definition) is 6. The summed E-state index contributed by atoms with van der Waals surface area (Å²) >= 11 is 0. The first kappa shape index (κ1) is 63.9. The third-order valence-corrected chi connectivity index (χ3v) is 12.5. The Morgan fingerprint density at radius 3 is 1.33 bits per heavy atom. The van der Waals surface area contributed by atoms with Gasteiger partial charge in [0.15, 0.2) is 0 Å². The van der Waals surface area contributed by atoms with Gasteiger partial charge < -0.3 is 18.9 Å². The molecule has 2 unspecified atom stereocenters. The summed E-state index contributed by atoms with van der Waals surface area (Å²) in [5, 5.41) is 0. The average Bonchev–Trinajstić information content (AvgIpc) is 3.28. The molecule has 9 heteroatoms. The van der Waals surface area contributed by atoms with Crippen LogP contribution in [0.4, 0.5) is 0 Å². The second-order valence-electron chi connectivity index (χ2n) is 19.2. The van der Waals surface area contributed by atoms with Crippen LogP contribution in [-0.4, -0.2) is 75.6 Å². The lowest BCUT2D eigenvalue weighted by molar-refractivity contribution is -0.870. The molecule has 0 aliphatic rings. The first-order valence-corrected chi connectivity index (χ1v) is 28.7. The zero-order valence-electron chi connectivity index (χ0n) is 43.7. The molecule has 0 aliphatic carbocycles. The number of quaternary nitrogens is 1. The molecule has 0 aromatic rings. The number of esters is 1. The van der Waals surface area contributed by atoms with Gasteiger partial charge in [0.25, 0.3) is 0 Å². The molecule has 0 spiro atoms. The minimum atomic E-state index is -4.29. The molecule has 2 atom stereocenters. The number of allylic oxidation sites excluding steroid dienone is 12. The van der Waals surface area contributed by atoms with E-state index in [-0.39, 0.29) is 25.8 Å². The van der Waals surface area contributed by atoms with Crippen LogP contribution in [0.2, 0.25) is 0 Å². The van der Waals surface area contributed by atoms with E-state index in [2.05, 4.69) is 86.8 Å². The van der Waals surface area contributed by atoms with Crippen LogP contribution >= 0.6 is 7.82 Å². The maximum atomic E-state index is 12.8. The van der Waals surface area contributed by atoms with Gasteiger partial charge in [-0.05, 0) is 83.5 Å². The molecule has 66 heavy (non-hydrogen) atoms. The summed E-state index contributed by atoms with van der Waals surface area (Å²) in [5.74, 6) is -0.320. The van der Waals surface area contributed by atoms with E-state index >= 15 is 0 Å². The van der Waals surface area contributed by atoms with Crippen LogP contribution in [0.3, 0.4) is 0 Å². The molecule has 0 aromatic carbocycles. The summed E-state index contributed by atoms with van der Waals surface area (Å²) in [7, 11) is 1.66. The summed E-state index contributed by atoms with van der Waals surface area (Å²) in [5.41, 5.74) is 0. The van der Waals surface area contributed by atoms with Crippen molar-refractivity contribution in [2.24, 2.45) is 0 Å². The monoisotopic (exact) mass is 947 g/mol. The maximum Gasteiger partial charge on any atom is 0.472 e. The molecule has 0 amide bonds. The number of rotatable bonds is 50. The van der Waals surface area contributed by atoms with Gasteiger partial charge >= 0.3 is 13.8 Å². The maximum absolute atomic E-state index is 12.8. The van der Waals surface area contributed by atoms with E-state index in [1.807, 2.05) is 21.1 Å². The number of carbonyl (C=O) groups is 1. The lowest BCUT2D eigenvalue weighted by atomic mass is 10.1. The van der Waals surface area contributed by atoms with Crippen LogP contribution in [-0.2, 0) is 27.9 Å². The van der Waals surface area contributed by atoms with Crippen molar-refractivity contribution in [3.05, 3.63) is 72.9 Å². The quantitative estimate of drug-likeness (QED) is 0.0214. The average molecular weight is 947 g/mol. The summed E-state index contributed by atoms with van der Waals surface area (Å²) in [6.45, 7) is 5.50. The lowest BCUT2D eigenvalue weighted by Gasteiger charge is -2.24. The van der Waals surface area contributed by atoms with E-state index in [1.165, 1.54) is 141 Å². The summed E-state index contributed by atoms with van der Waals surface area (Å²) < 4.78 is 35.2. The molecule has 0 radical (unpaired) electrons. The lowest BCUT2D eigenvalue weighted by Crippen LogP contribution is -2.37. The van der Waals surface area contributed by atoms with Crippen LogP contribution in [0.25, 0.3) is 0 Å². The van der Waals surface area contributed by atoms with Crippen molar-refractivity contribution in [3.63, 3.8) is 0 Å². The number of phosphoric acid groups is 1. The number of carbonyl (C=O) groups excluding carboxylic acids is 1. The summed E-state index contributed by atoms with van der Waals surface area (Å²) in [6, 6.07) is 0. The molecular weight excluding hydrogens is 842 g/mol. The van der Waals surface area contributed by atoms with Crippen LogP contribution in [0, 0.1) is 0 Å². The Morgan fingerprint density at radius 2 is 0.879 bits per heavy atom. The fourth-order valence-electron chi connectivity index (χ4n) is 7.34. The molecule has 0 heterocycles. The van der Waals surface area contributed by atoms with Gasteiger partial charge in [-0.15, -0.1) is 0 Å². The van der Waals surface area contributed by atoms with Crippen LogP contribution in [0.5, 0.6) is 0 Å². The first-order chi connectivity index (χ1) is 32.1. The zero-order valence-corrected chi connectivity index (χ0v) is 44.6.